The van der Waals surface area contributed by atoms with E-state index in [0.29, 0.717) is 24.2 Å². The highest BCUT2D eigenvalue weighted by Crippen LogP contribution is 2.32. The molecule has 3 rings (SSSR count). The van der Waals surface area contributed by atoms with Crippen LogP contribution in [0.15, 0.2) is 45.8 Å². The minimum absolute atomic E-state index is 0.0104. The lowest BCUT2D eigenvalue weighted by Crippen LogP contribution is -2.28. The van der Waals surface area contributed by atoms with Crippen LogP contribution in [0.25, 0.3) is 0 Å². The van der Waals surface area contributed by atoms with Gasteiger partial charge in [-0.2, -0.15) is 4.31 Å². The predicted octanol–water partition coefficient (Wildman–Crippen LogP) is 4.02. The lowest BCUT2D eigenvalue weighted by atomic mass is 10.2. The Labute approximate surface area is 171 Å². The number of benzene rings is 2. The number of hydrogen-bond donors (Lipinski definition) is 1. The van der Waals surface area contributed by atoms with Gasteiger partial charge in [-0.1, -0.05) is 15.9 Å². The third-order valence-electron chi connectivity index (χ3n) is 4.36. The van der Waals surface area contributed by atoms with Gasteiger partial charge >= 0.3 is 0 Å². The van der Waals surface area contributed by atoms with Gasteiger partial charge in [-0.3, -0.25) is 4.79 Å². The van der Waals surface area contributed by atoms with Crippen LogP contribution in [0.5, 0.6) is 5.75 Å². The summed E-state index contributed by atoms with van der Waals surface area (Å²) < 4.78 is 47.4. The van der Waals surface area contributed by atoms with E-state index < -0.39 is 21.7 Å². The number of carbonyl (C=O) groups excluding carboxylic acids is 1. The molecule has 2 aromatic carbocycles. The van der Waals surface area contributed by atoms with Gasteiger partial charge in [-0.05, 0) is 56.2 Å². The number of rotatable bonds is 6. The molecule has 0 aliphatic carbocycles. The summed E-state index contributed by atoms with van der Waals surface area (Å²) in [5.74, 6) is -1.12. The fourth-order valence-electron chi connectivity index (χ4n) is 3.00. The standard InChI is InChI=1S/C19H20BrFN2O4S/c1-2-27-17-8-6-14(12-18(17)28(25,26)23-9-3-4-10-23)22-19(24)15-11-13(20)5-7-16(15)21/h5-8,11-12H,2-4,9-10H2,1H3,(H,22,24). The smallest absolute Gasteiger partial charge is 0.258 e. The third-order valence-corrected chi connectivity index (χ3v) is 6.77. The van der Waals surface area contributed by atoms with Crippen molar-refractivity contribution in [3.8, 4) is 5.75 Å². The monoisotopic (exact) mass is 470 g/mol. The lowest BCUT2D eigenvalue weighted by molar-refractivity contribution is 0.102. The second-order valence-corrected chi connectivity index (χ2v) is 9.11. The van der Waals surface area contributed by atoms with E-state index in [0.717, 1.165) is 12.8 Å². The Morgan fingerprint density at radius 3 is 2.61 bits per heavy atom. The van der Waals surface area contributed by atoms with Crippen molar-refractivity contribution in [1.82, 2.24) is 4.31 Å². The molecule has 1 aliphatic heterocycles. The number of ether oxygens (including phenoxy) is 1. The zero-order valence-corrected chi connectivity index (χ0v) is 17.6. The van der Waals surface area contributed by atoms with Gasteiger partial charge in [0, 0.05) is 23.2 Å². The zero-order valence-electron chi connectivity index (χ0n) is 15.2. The van der Waals surface area contributed by atoms with Crippen LogP contribution in [0.2, 0.25) is 0 Å². The highest BCUT2D eigenvalue weighted by atomic mass is 79.9. The maximum atomic E-state index is 14.0. The molecule has 1 amide bonds. The van der Waals surface area contributed by atoms with Crippen LogP contribution in [0.1, 0.15) is 30.1 Å². The Balaban J connectivity index is 1.94. The second kappa shape index (κ2) is 8.59. The number of amides is 1. The quantitative estimate of drug-likeness (QED) is 0.691. The van der Waals surface area contributed by atoms with Crippen molar-refractivity contribution in [2.75, 3.05) is 25.0 Å². The van der Waals surface area contributed by atoms with Crippen molar-refractivity contribution < 1.29 is 22.3 Å². The molecule has 0 unspecified atom stereocenters. The second-order valence-electron chi connectivity index (χ2n) is 6.28. The number of carbonyl (C=O) groups is 1. The van der Waals surface area contributed by atoms with Crippen LogP contribution in [-0.4, -0.2) is 38.3 Å². The molecule has 0 bridgehead atoms. The van der Waals surface area contributed by atoms with E-state index in [1.807, 2.05) is 0 Å². The zero-order chi connectivity index (χ0) is 20.3. The Morgan fingerprint density at radius 2 is 1.93 bits per heavy atom. The van der Waals surface area contributed by atoms with E-state index in [-0.39, 0.29) is 21.9 Å². The van der Waals surface area contributed by atoms with Crippen molar-refractivity contribution in [2.45, 2.75) is 24.7 Å². The van der Waals surface area contributed by atoms with Gasteiger partial charge in [0.25, 0.3) is 5.91 Å². The average molecular weight is 471 g/mol. The van der Waals surface area contributed by atoms with Crippen molar-refractivity contribution in [1.29, 1.82) is 0 Å². The van der Waals surface area contributed by atoms with Crippen LogP contribution in [0.3, 0.4) is 0 Å². The minimum Gasteiger partial charge on any atom is -0.492 e. The molecule has 1 heterocycles. The number of halogens is 2. The van der Waals surface area contributed by atoms with Gasteiger partial charge in [-0.25, -0.2) is 12.8 Å². The van der Waals surface area contributed by atoms with E-state index >= 15 is 0 Å². The minimum atomic E-state index is -3.75. The Morgan fingerprint density at radius 1 is 1.21 bits per heavy atom. The first-order valence-corrected chi connectivity index (χ1v) is 11.1. The summed E-state index contributed by atoms with van der Waals surface area (Å²) in [5, 5.41) is 2.56. The van der Waals surface area contributed by atoms with Crippen LogP contribution in [-0.2, 0) is 10.0 Å². The first-order chi connectivity index (χ1) is 13.3. The van der Waals surface area contributed by atoms with Gasteiger partial charge in [0.2, 0.25) is 10.0 Å². The molecule has 1 N–H and O–H groups in total. The molecule has 0 aromatic heterocycles. The van der Waals surface area contributed by atoms with E-state index in [9.17, 15) is 17.6 Å². The average Bonchev–Trinajstić information content (AvgIpc) is 3.20. The van der Waals surface area contributed by atoms with Gasteiger partial charge in [0.05, 0.1) is 12.2 Å². The van der Waals surface area contributed by atoms with E-state index in [1.165, 1.54) is 40.7 Å². The number of anilines is 1. The van der Waals surface area contributed by atoms with Gasteiger partial charge in [0.1, 0.15) is 16.5 Å². The van der Waals surface area contributed by atoms with Gasteiger partial charge in [-0.15, -0.1) is 0 Å². The van der Waals surface area contributed by atoms with E-state index in [1.54, 1.807) is 6.92 Å². The van der Waals surface area contributed by atoms with E-state index in [4.69, 9.17) is 4.74 Å². The lowest BCUT2D eigenvalue weighted by Gasteiger charge is -2.19. The summed E-state index contributed by atoms with van der Waals surface area (Å²) in [7, 11) is -3.75. The summed E-state index contributed by atoms with van der Waals surface area (Å²) in [5.41, 5.74) is 0.0952. The highest BCUT2D eigenvalue weighted by molar-refractivity contribution is 9.10. The molecule has 1 fully saturated rings. The number of nitrogens with zero attached hydrogens (tertiary/aromatic N) is 1. The Kier molecular flexibility index (Phi) is 6.36. The predicted molar refractivity (Wildman–Crippen MR) is 108 cm³/mol. The number of hydrogen-bond acceptors (Lipinski definition) is 4. The summed E-state index contributed by atoms with van der Waals surface area (Å²) in [6.07, 6.45) is 1.61. The molecule has 0 radical (unpaired) electrons. The van der Waals surface area contributed by atoms with Crippen molar-refractivity contribution >= 4 is 37.5 Å². The molecular formula is C19H20BrFN2O4S. The fourth-order valence-corrected chi connectivity index (χ4v) is 5.03. The van der Waals surface area contributed by atoms with Crippen molar-refractivity contribution in [3.05, 3.63) is 52.3 Å². The highest BCUT2D eigenvalue weighted by Gasteiger charge is 2.30. The normalized spacial score (nSPS) is 14.8. The largest absolute Gasteiger partial charge is 0.492 e. The van der Waals surface area contributed by atoms with Crippen LogP contribution in [0, 0.1) is 5.82 Å². The summed E-state index contributed by atoms with van der Waals surface area (Å²) >= 11 is 3.20. The number of sulfonamides is 1. The first-order valence-electron chi connectivity index (χ1n) is 8.86. The topological polar surface area (TPSA) is 75.7 Å². The molecule has 1 aliphatic rings. The molecular weight excluding hydrogens is 451 g/mol. The summed E-state index contributed by atoms with van der Waals surface area (Å²) in [4.78, 5) is 12.4. The third kappa shape index (κ3) is 4.37. The molecule has 1 saturated heterocycles. The molecule has 0 atom stereocenters. The van der Waals surface area contributed by atoms with Gasteiger partial charge < -0.3 is 10.1 Å². The molecule has 0 saturated carbocycles. The van der Waals surface area contributed by atoms with Crippen LogP contribution < -0.4 is 10.1 Å². The molecule has 9 heteroatoms. The van der Waals surface area contributed by atoms with Crippen LogP contribution >= 0.6 is 15.9 Å². The van der Waals surface area contributed by atoms with Crippen molar-refractivity contribution in [3.63, 3.8) is 0 Å². The molecule has 28 heavy (non-hydrogen) atoms. The molecule has 2 aromatic rings. The molecule has 6 nitrogen and oxygen atoms in total. The Bertz CT molecular complexity index is 991. The maximum absolute atomic E-state index is 14.0. The van der Waals surface area contributed by atoms with Crippen molar-refractivity contribution in [2.24, 2.45) is 0 Å². The molecule has 150 valence electrons. The maximum Gasteiger partial charge on any atom is 0.258 e. The molecule has 0 spiro atoms. The SMILES string of the molecule is CCOc1ccc(NC(=O)c2cc(Br)ccc2F)cc1S(=O)(=O)N1CCCC1. The summed E-state index contributed by atoms with van der Waals surface area (Å²) in [6.45, 7) is 2.97. The summed E-state index contributed by atoms with van der Waals surface area (Å²) in [6, 6.07) is 8.42. The van der Waals surface area contributed by atoms with E-state index in [2.05, 4.69) is 21.2 Å². The Hall–Kier alpha value is -1.97. The van der Waals surface area contributed by atoms with Crippen LogP contribution in [0.4, 0.5) is 10.1 Å². The fraction of sp³-hybridized carbons (Fsp3) is 0.316. The number of nitrogens with one attached hydrogen (secondary N) is 1. The van der Waals surface area contributed by atoms with Gasteiger partial charge in [0.15, 0.2) is 0 Å². The first kappa shape index (κ1) is 20.8.